The number of carbonyl (C=O) groups is 1. The van der Waals surface area contributed by atoms with Gasteiger partial charge in [0.05, 0.1) is 0 Å². The molecule has 0 fully saturated rings. The van der Waals surface area contributed by atoms with Gasteiger partial charge in [-0.3, -0.25) is 4.79 Å². The van der Waals surface area contributed by atoms with E-state index in [0.717, 1.165) is 19.3 Å². The van der Waals surface area contributed by atoms with Crippen LogP contribution in [-0.2, 0) is 4.79 Å². The lowest BCUT2D eigenvalue weighted by molar-refractivity contribution is -0.137. The SMILES string of the molecule is CCCCCCCCC=CCC=CCCCCCCCCCCC(=O)O. The van der Waals surface area contributed by atoms with Crippen LogP contribution in [0.1, 0.15) is 122 Å². The van der Waals surface area contributed by atoms with Gasteiger partial charge in [0, 0.05) is 6.42 Å². The first-order valence-electron chi connectivity index (χ1n) is 11.3. The van der Waals surface area contributed by atoms with Crippen LogP contribution in [-0.4, -0.2) is 11.1 Å². The molecule has 0 atom stereocenters. The van der Waals surface area contributed by atoms with Crippen LogP contribution in [0.2, 0.25) is 0 Å². The van der Waals surface area contributed by atoms with E-state index in [4.69, 9.17) is 5.11 Å². The van der Waals surface area contributed by atoms with Crippen LogP contribution < -0.4 is 0 Å². The zero-order valence-corrected chi connectivity index (χ0v) is 17.4. The molecular weight excluding hydrogens is 320 g/mol. The van der Waals surface area contributed by atoms with Crippen LogP contribution >= 0.6 is 0 Å². The topological polar surface area (TPSA) is 37.3 Å². The highest BCUT2D eigenvalue weighted by molar-refractivity contribution is 5.66. The first-order chi connectivity index (χ1) is 12.8. The number of hydrogen-bond donors (Lipinski definition) is 1. The van der Waals surface area contributed by atoms with Crippen molar-refractivity contribution in [2.75, 3.05) is 0 Å². The molecule has 0 heterocycles. The normalized spacial score (nSPS) is 11.7. The smallest absolute Gasteiger partial charge is 0.303 e. The number of unbranched alkanes of at least 4 members (excludes halogenated alkanes) is 14. The summed E-state index contributed by atoms with van der Waals surface area (Å²) in [5.74, 6) is -0.661. The van der Waals surface area contributed by atoms with Gasteiger partial charge in [-0.1, -0.05) is 102 Å². The highest BCUT2D eigenvalue weighted by atomic mass is 16.4. The second kappa shape index (κ2) is 22.0. The molecule has 152 valence electrons. The maximum Gasteiger partial charge on any atom is 0.303 e. The summed E-state index contributed by atoms with van der Waals surface area (Å²) in [7, 11) is 0. The molecule has 0 aromatic heterocycles. The van der Waals surface area contributed by atoms with Gasteiger partial charge in [-0.05, 0) is 38.5 Å². The first-order valence-corrected chi connectivity index (χ1v) is 11.3. The Hall–Kier alpha value is -1.05. The van der Waals surface area contributed by atoms with E-state index in [9.17, 15) is 4.79 Å². The first kappa shape index (κ1) is 24.9. The van der Waals surface area contributed by atoms with Crippen molar-refractivity contribution in [2.24, 2.45) is 0 Å². The molecule has 2 nitrogen and oxygen atoms in total. The number of aliphatic carboxylic acids is 1. The maximum atomic E-state index is 10.4. The van der Waals surface area contributed by atoms with Crippen molar-refractivity contribution in [1.29, 1.82) is 0 Å². The highest BCUT2D eigenvalue weighted by Gasteiger charge is 1.96. The Morgan fingerprint density at radius 3 is 1.50 bits per heavy atom. The minimum atomic E-state index is -0.661. The van der Waals surface area contributed by atoms with Crippen LogP contribution in [0.3, 0.4) is 0 Å². The van der Waals surface area contributed by atoms with Crippen molar-refractivity contribution in [3.63, 3.8) is 0 Å². The Labute approximate surface area is 163 Å². The molecule has 0 unspecified atom stereocenters. The van der Waals surface area contributed by atoms with Crippen molar-refractivity contribution < 1.29 is 9.90 Å². The molecule has 2 heteroatoms. The highest BCUT2D eigenvalue weighted by Crippen LogP contribution is 2.11. The van der Waals surface area contributed by atoms with E-state index < -0.39 is 5.97 Å². The molecule has 0 radical (unpaired) electrons. The number of allylic oxidation sites excluding steroid dienone is 4. The van der Waals surface area contributed by atoms with E-state index in [2.05, 4.69) is 31.2 Å². The van der Waals surface area contributed by atoms with Gasteiger partial charge in [0.1, 0.15) is 0 Å². The molecule has 26 heavy (non-hydrogen) atoms. The average molecular weight is 365 g/mol. The largest absolute Gasteiger partial charge is 0.481 e. The number of carboxylic acid groups (broad SMARTS) is 1. The van der Waals surface area contributed by atoms with Gasteiger partial charge >= 0.3 is 5.97 Å². The van der Waals surface area contributed by atoms with Crippen LogP contribution in [0.5, 0.6) is 0 Å². The van der Waals surface area contributed by atoms with Crippen molar-refractivity contribution >= 4 is 5.97 Å². The molecule has 0 aliphatic carbocycles. The molecular formula is C24H44O2. The Morgan fingerprint density at radius 1 is 0.615 bits per heavy atom. The second-order valence-electron chi connectivity index (χ2n) is 7.50. The fraction of sp³-hybridized carbons (Fsp3) is 0.792. The summed E-state index contributed by atoms with van der Waals surface area (Å²) in [6.07, 6.45) is 31.1. The molecule has 0 rings (SSSR count). The van der Waals surface area contributed by atoms with Gasteiger partial charge in [0.15, 0.2) is 0 Å². The van der Waals surface area contributed by atoms with Crippen molar-refractivity contribution in [1.82, 2.24) is 0 Å². The van der Waals surface area contributed by atoms with Crippen LogP contribution in [0, 0.1) is 0 Å². The van der Waals surface area contributed by atoms with E-state index >= 15 is 0 Å². The summed E-state index contributed by atoms with van der Waals surface area (Å²) < 4.78 is 0. The van der Waals surface area contributed by atoms with E-state index in [1.54, 1.807) is 0 Å². The summed E-state index contributed by atoms with van der Waals surface area (Å²) in [6.45, 7) is 2.27. The Morgan fingerprint density at radius 2 is 1.04 bits per heavy atom. The molecule has 0 amide bonds. The van der Waals surface area contributed by atoms with E-state index in [-0.39, 0.29) is 0 Å². The molecule has 0 aromatic carbocycles. The monoisotopic (exact) mass is 364 g/mol. The maximum absolute atomic E-state index is 10.4. The third-order valence-electron chi connectivity index (χ3n) is 4.84. The van der Waals surface area contributed by atoms with Crippen LogP contribution in [0.15, 0.2) is 24.3 Å². The van der Waals surface area contributed by atoms with Crippen molar-refractivity contribution in [3.05, 3.63) is 24.3 Å². The van der Waals surface area contributed by atoms with Crippen molar-refractivity contribution in [3.8, 4) is 0 Å². The summed E-state index contributed by atoms with van der Waals surface area (Å²) in [6, 6.07) is 0. The number of carboxylic acids is 1. The predicted octanol–water partition coefficient (Wildman–Crippen LogP) is 8.23. The molecule has 0 saturated heterocycles. The molecule has 0 aliphatic heterocycles. The summed E-state index contributed by atoms with van der Waals surface area (Å²) in [5.41, 5.74) is 0. The Kier molecular flexibility index (Phi) is 21.1. The number of rotatable bonds is 20. The van der Waals surface area contributed by atoms with Gasteiger partial charge in [-0.2, -0.15) is 0 Å². The lowest BCUT2D eigenvalue weighted by Gasteiger charge is -2.00. The molecule has 0 aromatic rings. The van der Waals surface area contributed by atoms with Gasteiger partial charge in [0.25, 0.3) is 0 Å². The predicted molar refractivity (Wildman–Crippen MR) is 115 cm³/mol. The molecule has 0 spiro atoms. The zero-order chi connectivity index (χ0) is 19.1. The second-order valence-corrected chi connectivity index (χ2v) is 7.50. The van der Waals surface area contributed by atoms with E-state index in [1.807, 2.05) is 0 Å². The van der Waals surface area contributed by atoms with Crippen LogP contribution in [0.4, 0.5) is 0 Å². The standard InChI is InChI=1S/C24H44O2/c1-2-3-4-5-6-7-8-9-10-11-12-13-14-15-16-17-18-19-20-21-22-23-24(25)26/h9-10,12-13H,2-8,11,14-23H2,1H3,(H,25,26). The quantitative estimate of drug-likeness (QED) is 0.174. The van der Waals surface area contributed by atoms with E-state index in [0.29, 0.717) is 6.42 Å². The molecule has 0 saturated carbocycles. The Balaban J connectivity index is 3.16. The number of hydrogen-bond acceptors (Lipinski definition) is 1. The van der Waals surface area contributed by atoms with Gasteiger partial charge in [0.2, 0.25) is 0 Å². The summed E-state index contributed by atoms with van der Waals surface area (Å²) in [5, 5.41) is 8.56. The zero-order valence-electron chi connectivity index (χ0n) is 17.4. The summed E-state index contributed by atoms with van der Waals surface area (Å²) >= 11 is 0. The van der Waals surface area contributed by atoms with Gasteiger partial charge in [-0.25, -0.2) is 0 Å². The van der Waals surface area contributed by atoms with Gasteiger partial charge < -0.3 is 5.11 Å². The Bertz CT molecular complexity index is 344. The molecule has 1 N–H and O–H groups in total. The molecule has 0 aliphatic rings. The minimum Gasteiger partial charge on any atom is -0.481 e. The molecule has 0 bridgehead atoms. The third-order valence-corrected chi connectivity index (χ3v) is 4.84. The minimum absolute atomic E-state index is 0.334. The summed E-state index contributed by atoms with van der Waals surface area (Å²) in [4.78, 5) is 10.4. The third kappa shape index (κ3) is 22.9. The average Bonchev–Trinajstić information content (AvgIpc) is 2.62. The fourth-order valence-electron chi connectivity index (χ4n) is 3.15. The lowest BCUT2D eigenvalue weighted by Crippen LogP contribution is -1.93. The van der Waals surface area contributed by atoms with Gasteiger partial charge in [-0.15, -0.1) is 0 Å². The van der Waals surface area contributed by atoms with E-state index in [1.165, 1.54) is 89.9 Å². The van der Waals surface area contributed by atoms with Crippen LogP contribution in [0.25, 0.3) is 0 Å². The van der Waals surface area contributed by atoms with Crippen molar-refractivity contribution in [2.45, 2.75) is 122 Å². The lowest BCUT2D eigenvalue weighted by atomic mass is 10.1. The fourth-order valence-corrected chi connectivity index (χ4v) is 3.15.